The first kappa shape index (κ1) is 48.3. The van der Waals surface area contributed by atoms with Crippen molar-refractivity contribution >= 4 is 17.9 Å². The molecule has 0 amide bonds. The number of esters is 2. The summed E-state index contributed by atoms with van der Waals surface area (Å²) >= 11 is 0. The molecule has 0 aromatic rings. The van der Waals surface area contributed by atoms with Crippen molar-refractivity contribution in [3.05, 3.63) is 48.6 Å². The minimum atomic E-state index is -1.13. The number of carboxylic acid groups (broad SMARTS) is 1. The number of nitrogens with zero attached hydrogens (tertiary/aromatic N) is 1. The number of unbranched alkanes of at least 4 members (excludes halogenated alkanes) is 16. The Morgan fingerprint density at radius 1 is 0.608 bits per heavy atom. The summed E-state index contributed by atoms with van der Waals surface area (Å²) in [4.78, 5) is 36.7. The van der Waals surface area contributed by atoms with Crippen molar-refractivity contribution in [1.29, 1.82) is 0 Å². The van der Waals surface area contributed by atoms with Crippen LogP contribution in [0.15, 0.2) is 48.6 Å². The zero-order valence-electron chi connectivity index (χ0n) is 33.3. The van der Waals surface area contributed by atoms with Gasteiger partial charge < -0.3 is 28.6 Å². The van der Waals surface area contributed by atoms with Gasteiger partial charge in [0.25, 0.3) is 0 Å². The average molecular weight is 718 g/mol. The molecule has 2 unspecified atom stereocenters. The second kappa shape index (κ2) is 34.4. The van der Waals surface area contributed by atoms with Crippen LogP contribution in [0.4, 0.5) is 0 Å². The number of quaternary nitrogens is 1. The lowest BCUT2D eigenvalue weighted by Crippen LogP contribution is -2.55. The third-order valence-electron chi connectivity index (χ3n) is 8.82. The molecule has 0 aliphatic carbocycles. The molecule has 0 saturated heterocycles. The molecule has 0 bridgehead atoms. The summed E-state index contributed by atoms with van der Waals surface area (Å²) in [6.45, 7) is 4.47. The molecule has 294 valence electrons. The molecule has 0 fully saturated rings. The van der Waals surface area contributed by atoms with Gasteiger partial charge in [0.2, 0.25) is 0 Å². The third-order valence-corrected chi connectivity index (χ3v) is 8.82. The standard InChI is InChI=1S/C43H75NO7/c1-6-8-10-12-14-16-18-20-22-23-25-27-29-31-33-41(45)50-38-39(37-49-36-35-40(43(47)48)44(3,4)5)51-42(46)34-32-30-28-26-24-21-19-17-15-13-11-9-7-2/h9,11,13,15,17,19,21,24,39-40H,6-8,10,12,14,16,18,20,22-23,25-38H2,1-5H3/b11-9+,15-13+,19-17+,24-21+. The molecular formula is C43H75NO7. The second-order valence-corrected chi connectivity index (χ2v) is 14.6. The lowest BCUT2D eigenvalue weighted by atomic mass is 10.0. The average Bonchev–Trinajstić information content (AvgIpc) is 3.08. The Labute approximate surface area is 312 Å². The van der Waals surface area contributed by atoms with Crippen LogP contribution in [0.25, 0.3) is 0 Å². The molecule has 0 aliphatic rings. The Morgan fingerprint density at radius 2 is 1.10 bits per heavy atom. The van der Waals surface area contributed by atoms with Crippen LogP contribution in [0.2, 0.25) is 0 Å². The highest BCUT2D eigenvalue weighted by Crippen LogP contribution is 2.14. The van der Waals surface area contributed by atoms with Crippen LogP contribution in [0.3, 0.4) is 0 Å². The van der Waals surface area contributed by atoms with Gasteiger partial charge in [-0.25, -0.2) is 0 Å². The van der Waals surface area contributed by atoms with Crippen LogP contribution in [-0.4, -0.2) is 75.5 Å². The van der Waals surface area contributed by atoms with Gasteiger partial charge in [0.05, 0.1) is 40.3 Å². The van der Waals surface area contributed by atoms with Crippen molar-refractivity contribution in [3.63, 3.8) is 0 Å². The SMILES string of the molecule is CC/C=C/C=C/C=C/C=C/CCCCCC(=O)OC(COCCC(C(=O)[O-])[N+](C)(C)C)COC(=O)CCCCCCCCCCCCCCCC. The Bertz CT molecular complexity index is 979. The van der Waals surface area contributed by atoms with Crippen LogP contribution < -0.4 is 5.11 Å². The maximum Gasteiger partial charge on any atom is 0.306 e. The normalized spacial score (nSPS) is 13.5. The lowest BCUT2D eigenvalue weighted by Gasteiger charge is -2.34. The number of aliphatic carboxylic acids is 1. The van der Waals surface area contributed by atoms with E-state index in [-0.39, 0.29) is 49.1 Å². The fourth-order valence-corrected chi connectivity index (χ4v) is 5.67. The number of carbonyl (C=O) groups excluding carboxylic acids is 3. The van der Waals surface area contributed by atoms with E-state index in [1.165, 1.54) is 70.6 Å². The highest BCUT2D eigenvalue weighted by Gasteiger charge is 2.25. The predicted molar refractivity (Wildman–Crippen MR) is 208 cm³/mol. The van der Waals surface area contributed by atoms with Gasteiger partial charge in [-0.2, -0.15) is 0 Å². The number of hydrogen-bond acceptors (Lipinski definition) is 7. The molecule has 0 radical (unpaired) electrons. The fraction of sp³-hybridized carbons (Fsp3) is 0.744. The zero-order chi connectivity index (χ0) is 37.8. The molecule has 0 saturated carbocycles. The Morgan fingerprint density at radius 3 is 1.63 bits per heavy atom. The number of ether oxygens (including phenoxy) is 3. The Kier molecular flexibility index (Phi) is 32.6. The van der Waals surface area contributed by atoms with Crippen LogP contribution in [0.5, 0.6) is 0 Å². The van der Waals surface area contributed by atoms with E-state index in [0.717, 1.165) is 44.9 Å². The summed E-state index contributed by atoms with van der Waals surface area (Å²) in [5.74, 6) is -1.79. The second-order valence-electron chi connectivity index (χ2n) is 14.6. The summed E-state index contributed by atoms with van der Waals surface area (Å²) < 4.78 is 17.1. The summed E-state index contributed by atoms with van der Waals surface area (Å²) in [5, 5.41) is 11.6. The van der Waals surface area contributed by atoms with Crippen molar-refractivity contribution in [2.45, 2.75) is 167 Å². The van der Waals surface area contributed by atoms with Gasteiger partial charge in [-0.15, -0.1) is 0 Å². The molecule has 0 aromatic carbocycles. The number of carboxylic acids is 1. The van der Waals surface area contributed by atoms with Crippen molar-refractivity contribution in [1.82, 2.24) is 0 Å². The number of likely N-dealkylation sites (N-methyl/N-ethyl adjacent to an activating group) is 1. The summed E-state index contributed by atoms with van der Waals surface area (Å²) in [6, 6.07) is -0.732. The van der Waals surface area contributed by atoms with Gasteiger partial charge in [0.15, 0.2) is 6.10 Å². The molecule has 0 rings (SSSR count). The molecule has 2 atom stereocenters. The summed E-state index contributed by atoms with van der Waals surface area (Å²) in [6.07, 6.45) is 38.5. The molecule has 0 heterocycles. The minimum Gasteiger partial charge on any atom is -0.544 e. The predicted octanol–water partition coefficient (Wildman–Crippen LogP) is 9.13. The smallest absolute Gasteiger partial charge is 0.306 e. The van der Waals surface area contributed by atoms with Gasteiger partial charge in [0.1, 0.15) is 12.6 Å². The molecular weight excluding hydrogens is 642 g/mol. The first-order valence-corrected chi connectivity index (χ1v) is 20.2. The van der Waals surface area contributed by atoms with Gasteiger partial charge in [-0.3, -0.25) is 9.59 Å². The lowest BCUT2D eigenvalue weighted by molar-refractivity contribution is -0.889. The Hall–Kier alpha value is -2.71. The summed E-state index contributed by atoms with van der Waals surface area (Å²) in [7, 11) is 5.38. The maximum absolute atomic E-state index is 12.6. The van der Waals surface area contributed by atoms with E-state index in [2.05, 4.69) is 26.0 Å². The molecule has 51 heavy (non-hydrogen) atoms. The summed E-state index contributed by atoms with van der Waals surface area (Å²) in [5.41, 5.74) is 0. The van der Waals surface area contributed by atoms with E-state index in [1.807, 2.05) is 36.5 Å². The van der Waals surface area contributed by atoms with E-state index in [4.69, 9.17) is 14.2 Å². The van der Waals surface area contributed by atoms with E-state index >= 15 is 0 Å². The monoisotopic (exact) mass is 718 g/mol. The molecule has 8 heteroatoms. The van der Waals surface area contributed by atoms with Crippen molar-refractivity contribution in [2.75, 3.05) is 41.0 Å². The highest BCUT2D eigenvalue weighted by atomic mass is 16.6. The molecule has 0 aromatic heterocycles. The third kappa shape index (κ3) is 32.9. The topological polar surface area (TPSA) is 102 Å². The van der Waals surface area contributed by atoms with Gasteiger partial charge in [-0.1, -0.05) is 152 Å². The number of hydrogen-bond donors (Lipinski definition) is 0. The van der Waals surface area contributed by atoms with E-state index in [0.29, 0.717) is 12.8 Å². The van der Waals surface area contributed by atoms with E-state index in [9.17, 15) is 19.5 Å². The van der Waals surface area contributed by atoms with Crippen LogP contribution in [0, 0.1) is 0 Å². The fourth-order valence-electron chi connectivity index (χ4n) is 5.67. The largest absolute Gasteiger partial charge is 0.544 e. The van der Waals surface area contributed by atoms with Crippen molar-refractivity contribution in [2.24, 2.45) is 0 Å². The van der Waals surface area contributed by atoms with Crippen molar-refractivity contribution < 1.29 is 38.2 Å². The quantitative estimate of drug-likeness (QED) is 0.0279. The number of rotatable bonds is 35. The molecule has 0 aliphatic heterocycles. The van der Waals surface area contributed by atoms with Gasteiger partial charge >= 0.3 is 11.9 Å². The van der Waals surface area contributed by atoms with Gasteiger partial charge in [0, 0.05) is 19.3 Å². The zero-order valence-corrected chi connectivity index (χ0v) is 33.3. The molecule has 0 N–H and O–H groups in total. The molecule has 8 nitrogen and oxygen atoms in total. The van der Waals surface area contributed by atoms with Crippen LogP contribution in [-0.2, 0) is 28.6 Å². The first-order chi connectivity index (χ1) is 24.6. The van der Waals surface area contributed by atoms with E-state index in [1.54, 1.807) is 21.1 Å². The highest BCUT2D eigenvalue weighted by molar-refractivity contribution is 5.70. The first-order valence-electron chi connectivity index (χ1n) is 20.2. The van der Waals surface area contributed by atoms with Crippen LogP contribution in [0.1, 0.15) is 155 Å². The Balaban J connectivity index is 4.45. The van der Waals surface area contributed by atoms with E-state index < -0.39 is 18.1 Å². The van der Waals surface area contributed by atoms with Crippen molar-refractivity contribution in [3.8, 4) is 0 Å². The molecule has 0 spiro atoms. The number of allylic oxidation sites excluding steroid dienone is 8. The maximum atomic E-state index is 12.6. The van der Waals surface area contributed by atoms with Gasteiger partial charge in [-0.05, 0) is 32.1 Å². The minimum absolute atomic E-state index is 0.0250. The van der Waals surface area contributed by atoms with Crippen LogP contribution >= 0.6 is 0 Å². The number of carbonyl (C=O) groups is 3.